The molecule has 35 heavy (non-hydrogen) atoms. The number of aromatic nitrogens is 1. The molecule has 3 heterocycles. The van der Waals surface area contributed by atoms with Gasteiger partial charge in [-0.1, -0.05) is 25.8 Å². The zero-order chi connectivity index (χ0) is 24.7. The van der Waals surface area contributed by atoms with Gasteiger partial charge in [-0.15, -0.1) is 11.3 Å². The molecule has 2 aromatic heterocycles. The number of nitrogens with one attached hydrogen (secondary N) is 1. The molecule has 0 radical (unpaired) electrons. The first-order chi connectivity index (χ1) is 16.9. The fraction of sp³-hybridized carbons (Fsp3) is 0.481. The molecule has 0 unspecified atom stereocenters. The van der Waals surface area contributed by atoms with Crippen LogP contribution in [0, 0.1) is 5.92 Å². The van der Waals surface area contributed by atoms with Gasteiger partial charge in [0.25, 0.3) is 5.91 Å². The van der Waals surface area contributed by atoms with Gasteiger partial charge < -0.3 is 24.3 Å². The van der Waals surface area contributed by atoms with Crippen LogP contribution in [0.5, 0.6) is 11.5 Å². The fourth-order valence-corrected chi connectivity index (χ4v) is 6.31. The second-order valence-corrected chi connectivity index (χ2v) is 11.0. The van der Waals surface area contributed by atoms with E-state index in [-0.39, 0.29) is 17.9 Å². The summed E-state index contributed by atoms with van der Waals surface area (Å²) in [4.78, 5) is 30.8. The quantitative estimate of drug-likeness (QED) is 0.532. The van der Waals surface area contributed by atoms with Crippen LogP contribution in [0.15, 0.2) is 35.7 Å². The molecule has 1 fully saturated rings. The highest BCUT2D eigenvalue weighted by Crippen LogP contribution is 2.41. The van der Waals surface area contributed by atoms with Crippen LogP contribution in [-0.2, 0) is 17.9 Å². The molecule has 1 N–H and O–H groups in total. The number of carbonyl (C=O) groups is 2. The monoisotopic (exact) mass is 495 g/mol. The Kier molecular flexibility index (Phi) is 6.25. The van der Waals surface area contributed by atoms with Crippen molar-refractivity contribution in [3.8, 4) is 11.5 Å². The molecule has 186 valence electrons. The highest BCUT2D eigenvalue weighted by Gasteiger charge is 2.49. The lowest BCUT2D eigenvalue weighted by Crippen LogP contribution is -2.65. The number of methoxy groups -OCH3 is 2. The Bertz CT molecular complexity index is 1250. The molecular weight excluding hydrogens is 462 g/mol. The largest absolute Gasteiger partial charge is 0.496 e. The number of nitrogens with zero attached hydrogens (tertiary/aromatic N) is 2. The summed E-state index contributed by atoms with van der Waals surface area (Å²) in [5.41, 5.74) is 0.248. The Morgan fingerprint density at radius 1 is 1.17 bits per heavy atom. The third-order valence-corrected chi connectivity index (χ3v) is 8.62. The van der Waals surface area contributed by atoms with E-state index in [1.54, 1.807) is 30.5 Å². The topological polar surface area (TPSA) is 72.8 Å². The maximum absolute atomic E-state index is 14.0. The normalized spacial score (nSPS) is 24.3. The van der Waals surface area contributed by atoms with Gasteiger partial charge in [-0.25, -0.2) is 0 Å². The van der Waals surface area contributed by atoms with E-state index in [1.165, 1.54) is 6.42 Å². The second-order valence-electron chi connectivity index (χ2n) is 9.93. The van der Waals surface area contributed by atoms with Crippen molar-refractivity contribution in [2.45, 2.75) is 64.2 Å². The highest BCUT2D eigenvalue weighted by atomic mass is 32.1. The number of benzene rings is 1. The van der Waals surface area contributed by atoms with Gasteiger partial charge in [-0.2, -0.15) is 0 Å². The number of hydrogen-bond donors (Lipinski definition) is 1. The first-order valence-corrected chi connectivity index (χ1v) is 13.1. The minimum absolute atomic E-state index is 0.101. The van der Waals surface area contributed by atoms with E-state index in [4.69, 9.17) is 9.47 Å². The maximum atomic E-state index is 14.0. The standard InChI is InChI=1S/C27H33N3O4S/c1-17-8-5-6-10-20(17)28-26(32)27(2)16-29-21(25(31)30(27)15-18-9-7-13-35-18)14-19-22(33-3)11-12-23(34-4)24(19)29/h7,9,11-14,17,20H,5-6,8,10,15-16H2,1-4H3,(H,28,32)/t17-,20+,27+/m0/s1. The molecule has 7 nitrogen and oxygen atoms in total. The number of thiophene rings is 1. The lowest BCUT2D eigenvalue weighted by molar-refractivity contribution is -0.134. The molecule has 1 aromatic carbocycles. The Morgan fingerprint density at radius 2 is 1.91 bits per heavy atom. The van der Waals surface area contributed by atoms with Gasteiger partial charge in [0.1, 0.15) is 22.7 Å². The van der Waals surface area contributed by atoms with Gasteiger partial charge in [0.15, 0.2) is 0 Å². The predicted molar refractivity (Wildman–Crippen MR) is 137 cm³/mol. The number of ether oxygens (including phenoxy) is 2. The third-order valence-electron chi connectivity index (χ3n) is 7.76. The number of rotatable bonds is 6. The van der Waals surface area contributed by atoms with Crippen LogP contribution in [0.4, 0.5) is 0 Å². The van der Waals surface area contributed by atoms with Crippen LogP contribution in [0.1, 0.15) is 54.9 Å². The molecule has 1 aliphatic carbocycles. The number of amides is 2. The summed E-state index contributed by atoms with van der Waals surface area (Å²) >= 11 is 1.59. The molecule has 3 aromatic rings. The molecule has 1 saturated carbocycles. The molecule has 1 aliphatic heterocycles. The summed E-state index contributed by atoms with van der Waals surface area (Å²) in [6, 6.07) is 9.67. The smallest absolute Gasteiger partial charge is 0.271 e. The summed E-state index contributed by atoms with van der Waals surface area (Å²) in [5.74, 6) is 1.47. The number of hydrogen-bond acceptors (Lipinski definition) is 5. The van der Waals surface area contributed by atoms with Crippen LogP contribution in [0.3, 0.4) is 0 Å². The lowest BCUT2D eigenvalue weighted by Gasteiger charge is -2.45. The van der Waals surface area contributed by atoms with Crippen LogP contribution in [0.25, 0.3) is 10.9 Å². The molecule has 0 spiro atoms. The number of fused-ring (bicyclic) bond motifs is 3. The summed E-state index contributed by atoms with van der Waals surface area (Å²) in [5, 5.41) is 6.13. The van der Waals surface area contributed by atoms with E-state index >= 15 is 0 Å². The summed E-state index contributed by atoms with van der Waals surface area (Å²) in [7, 11) is 3.23. The lowest BCUT2D eigenvalue weighted by atomic mass is 9.85. The van der Waals surface area contributed by atoms with Crippen molar-refractivity contribution >= 4 is 34.1 Å². The van der Waals surface area contributed by atoms with Crippen molar-refractivity contribution in [2.75, 3.05) is 14.2 Å². The summed E-state index contributed by atoms with van der Waals surface area (Å²) in [6.07, 6.45) is 4.41. The van der Waals surface area contributed by atoms with Crippen molar-refractivity contribution in [2.24, 2.45) is 5.92 Å². The molecule has 0 saturated heterocycles. The van der Waals surface area contributed by atoms with E-state index in [2.05, 4.69) is 12.2 Å². The minimum Gasteiger partial charge on any atom is -0.496 e. The van der Waals surface area contributed by atoms with Crippen LogP contribution < -0.4 is 14.8 Å². The average Bonchev–Trinajstić information content (AvgIpc) is 3.51. The first kappa shape index (κ1) is 23.7. The van der Waals surface area contributed by atoms with Gasteiger partial charge in [0.05, 0.1) is 32.8 Å². The Balaban J connectivity index is 1.61. The zero-order valence-electron chi connectivity index (χ0n) is 20.8. The van der Waals surface area contributed by atoms with Gasteiger partial charge in [0.2, 0.25) is 5.91 Å². The highest BCUT2D eigenvalue weighted by molar-refractivity contribution is 7.09. The minimum atomic E-state index is -1.06. The molecule has 2 aliphatic rings. The van der Waals surface area contributed by atoms with Crippen molar-refractivity contribution in [3.63, 3.8) is 0 Å². The first-order valence-electron chi connectivity index (χ1n) is 12.3. The van der Waals surface area contributed by atoms with Crippen LogP contribution >= 0.6 is 11.3 Å². The van der Waals surface area contributed by atoms with Crippen LogP contribution in [-0.4, -0.2) is 47.1 Å². The average molecular weight is 496 g/mol. The fourth-order valence-electron chi connectivity index (χ4n) is 5.62. The van der Waals surface area contributed by atoms with Crippen LogP contribution in [0.2, 0.25) is 0 Å². The van der Waals surface area contributed by atoms with Gasteiger partial charge in [-0.05, 0) is 55.3 Å². The Morgan fingerprint density at radius 3 is 2.60 bits per heavy atom. The third kappa shape index (κ3) is 3.97. The molecule has 8 heteroatoms. The Labute approximate surface area is 210 Å². The van der Waals surface area contributed by atoms with Crippen molar-refractivity contribution in [1.82, 2.24) is 14.8 Å². The summed E-state index contributed by atoms with van der Waals surface area (Å²) in [6.45, 7) is 4.81. The van der Waals surface area contributed by atoms with Crippen molar-refractivity contribution < 1.29 is 19.1 Å². The van der Waals surface area contributed by atoms with Gasteiger partial charge in [-0.3, -0.25) is 9.59 Å². The van der Waals surface area contributed by atoms with E-state index in [0.717, 1.165) is 35.0 Å². The van der Waals surface area contributed by atoms with Crippen molar-refractivity contribution in [3.05, 3.63) is 46.3 Å². The molecule has 0 bridgehead atoms. The van der Waals surface area contributed by atoms with Gasteiger partial charge >= 0.3 is 0 Å². The SMILES string of the molecule is COc1ccc(OC)c2c1cc1n2C[C@](C)(C(=O)N[C@@H]2CCCC[C@@H]2C)N(Cc2cccs2)C1=O. The summed E-state index contributed by atoms with van der Waals surface area (Å²) < 4.78 is 13.2. The second kappa shape index (κ2) is 9.22. The van der Waals surface area contributed by atoms with E-state index in [1.807, 2.05) is 47.2 Å². The number of carbonyl (C=O) groups excluding carboxylic acids is 2. The van der Waals surface area contributed by atoms with Gasteiger partial charge in [0, 0.05) is 16.3 Å². The molecule has 2 amide bonds. The maximum Gasteiger partial charge on any atom is 0.271 e. The van der Waals surface area contributed by atoms with E-state index in [9.17, 15) is 9.59 Å². The zero-order valence-corrected chi connectivity index (χ0v) is 21.6. The Hall–Kier alpha value is -3.00. The van der Waals surface area contributed by atoms with Crippen molar-refractivity contribution in [1.29, 1.82) is 0 Å². The molecule has 3 atom stereocenters. The van der Waals surface area contributed by atoms with E-state index in [0.29, 0.717) is 36.2 Å². The molecule has 5 rings (SSSR count). The molecular formula is C27H33N3O4S. The predicted octanol–water partition coefficient (Wildman–Crippen LogP) is 4.83. The van der Waals surface area contributed by atoms with E-state index < -0.39 is 5.54 Å².